The van der Waals surface area contributed by atoms with Gasteiger partial charge >= 0.3 is 0 Å². The molecular weight excluding hydrogens is 258 g/mol. The van der Waals surface area contributed by atoms with Crippen LogP contribution in [-0.2, 0) is 5.88 Å². The van der Waals surface area contributed by atoms with Gasteiger partial charge in [0.15, 0.2) is 0 Å². The fourth-order valence-corrected chi connectivity index (χ4v) is 3.17. The number of pyridine rings is 1. The third-order valence-electron chi connectivity index (χ3n) is 4.19. The zero-order chi connectivity index (χ0) is 13.8. The Hall–Kier alpha value is -0.760. The van der Waals surface area contributed by atoms with Gasteiger partial charge in [0.25, 0.3) is 0 Å². The molecule has 0 N–H and O–H groups in total. The maximum absolute atomic E-state index is 6.17. The summed E-state index contributed by atoms with van der Waals surface area (Å²) in [5, 5.41) is 0. The van der Waals surface area contributed by atoms with Crippen LogP contribution in [0.2, 0.25) is 0 Å². The molecule has 1 saturated carbocycles. The van der Waals surface area contributed by atoms with E-state index in [0.717, 1.165) is 23.8 Å². The lowest BCUT2D eigenvalue weighted by molar-refractivity contribution is 0.0426. The average Bonchev–Trinajstić information content (AvgIpc) is 2.38. The highest BCUT2D eigenvalue weighted by Crippen LogP contribution is 2.35. The molecule has 19 heavy (non-hydrogen) atoms. The smallest absolute Gasteiger partial charge is 0.213 e. The molecule has 0 aromatic carbocycles. The second-order valence-corrected chi connectivity index (χ2v) is 6.39. The standard InChI is InChI=1S/C16H24ClNO/c1-11(2)14-5-4-12(3)8-15(14)19-16-9-13(10-17)6-7-18-16/h6-7,9,11-12,14-15H,4-5,8,10H2,1-3H3. The van der Waals surface area contributed by atoms with E-state index in [1.807, 2.05) is 12.1 Å². The molecule has 2 rings (SSSR count). The fraction of sp³-hybridized carbons (Fsp3) is 0.688. The second kappa shape index (κ2) is 6.60. The van der Waals surface area contributed by atoms with Crippen LogP contribution in [0.4, 0.5) is 0 Å². The van der Waals surface area contributed by atoms with Crippen LogP contribution in [0.5, 0.6) is 5.88 Å². The number of aromatic nitrogens is 1. The van der Waals surface area contributed by atoms with E-state index in [1.165, 1.54) is 12.8 Å². The summed E-state index contributed by atoms with van der Waals surface area (Å²) in [4.78, 5) is 4.32. The van der Waals surface area contributed by atoms with E-state index >= 15 is 0 Å². The molecule has 1 heterocycles. The summed E-state index contributed by atoms with van der Waals surface area (Å²) >= 11 is 5.86. The number of alkyl halides is 1. The van der Waals surface area contributed by atoms with Gasteiger partial charge in [-0.15, -0.1) is 11.6 Å². The van der Waals surface area contributed by atoms with Crippen LogP contribution in [-0.4, -0.2) is 11.1 Å². The molecule has 0 amide bonds. The highest BCUT2D eigenvalue weighted by atomic mass is 35.5. The quantitative estimate of drug-likeness (QED) is 0.749. The first kappa shape index (κ1) is 14.6. The van der Waals surface area contributed by atoms with Crippen LogP contribution < -0.4 is 4.74 Å². The first-order chi connectivity index (χ1) is 9.10. The Morgan fingerprint density at radius 2 is 2.21 bits per heavy atom. The lowest BCUT2D eigenvalue weighted by Gasteiger charge is -2.37. The molecule has 1 aliphatic rings. The van der Waals surface area contributed by atoms with Crippen LogP contribution >= 0.6 is 11.6 Å². The molecule has 0 saturated heterocycles. The maximum atomic E-state index is 6.17. The van der Waals surface area contributed by atoms with Crippen LogP contribution in [0.1, 0.15) is 45.6 Å². The van der Waals surface area contributed by atoms with Crippen molar-refractivity contribution in [3.63, 3.8) is 0 Å². The SMILES string of the molecule is CC1CCC(C(C)C)C(Oc2cc(CCl)ccn2)C1. The molecule has 1 aromatic rings. The van der Waals surface area contributed by atoms with Gasteiger partial charge in [-0.05, 0) is 42.2 Å². The molecule has 0 aliphatic heterocycles. The molecule has 3 heteroatoms. The van der Waals surface area contributed by atoms with Crippen molar-refractivity contribution in [2.24, 2.45) is 17.8 Å². The Morgan fingerprint density at radius 1 is 1.42 bits per heavy atom. The summed E-state index contributed by atoms with van der Waals surface area (Å²) < 4.78 is 6.17. The van der Waals surface area contributed by atoms with E-state index < -0.39 is 0 Å². The van der Waals surface area contributed by atoms with Gasteiger partial charge in [-0.3, -0.25) is 0 Å². The molecule has 3 unspecified atom stereocenters. The largest absolute Gasteiger partial charge is 0.474 e. The topological polar surface area (TPSA) is 22.1 Å². The Bertz CT molecular complexity index is 407. The van der Waals surface area contributed by atoms with E-state index in [1.54, 1.807) is 6.20 Å². The maximum Gasteiger partial charge on any atom is 0.213 e. The molecule has 2 nitrogen and oxygen atoms in total. The third kappa shape index (κ3) is 3.85. The van der Waals surface area contributed by atoms with Crippen molar-refractivity contribution >= 4 is 11.6 Å². The summed E-state index contributed by atoms with van der Waals surface area (Å²) in [5.41, 5.74) is 1.07. The zero-order valence-corrected chi connectivity index (χ0v) is 12.9. The zero-order valence-electron chi connectivity index (χ0n) is 12.1. The molecule has 106 valence electrons. The van der Waals surface area contributed by atoms with Crippen molar-refractivity contribution < 1.29 is 4.74 Å². The van der Waals surface area contributed by atoms with Crippen molar-refractivity contribution in [2.75, 3.05) is 0 Å². The van der Waals surface area contributed by atoms with Gasteiger partial charge in [0.2, 0.25) is 5.88 Å². The van der Waals surface area contributed by atoms with Crippen molar-refractivity contribution in [3.05, 3.63) is 23.9 Å². The van der Waals surface area contributed by atoms with Crippen molar-refractivity contribution in [3.8, 4) is 5.88 Å². The van der Waals surface area contributed by atoms with E-state index in [9.17, 15) is 0 Å². The van der Waals surface area contributed by atoms with Gasteiger partial charge < -0.3 is 4.74 Å². The van der Waals surface area contributed by atoms with E-state index in [2.05, 4.69) is 25.8 Å². The van der Waals surface area contributed by atoms with Crippen molar-refractivity contribution in [2.45, 2.75) is 52.0 Å². The van der Waals surface area contributed by atoms with Crippen molar-refractivity contribution in [1.29, 1.82) is 0 Å². The summed E-state index contributed by atoms with van der Waals surface area (Å²) in [7, 11) is 0. The van der Waals surface area contributed by atoms with Crippen LogP contribution in [0, 0.1) is 17.8 Å². The number of rotatable bonds is 4. The Morgan fingerprint density at radius 3 is 2.89 bits per heavy atom. The Kier molecular flexibility index (Phi) is 5.09. The molecule has 0 bridgehead atoms. The number of halogens is 1. The number of nitrogens with zero attached hydrogens (tertiary/aromatic N) is 1. The highest BCUT2D eigenvalue weighted by molar-refractivity contribution is 6.17. The fourth-order valence-electron chi connectivity index (χ4n) is 3.00. The number of hydrogen-bond acceptors (Lipinski definition) is 2. The van der Waals surface area contributed by atoms with Gasteiger partial charge in [0.05, 0.1) is 0 Å². The van der Waals surface area contributed by atoms with Crippen LogP contribution in [0.15, 0.2) is 18.3 Å². The third-order valence-corrected chi connectivity index (χ3v) is 4.50. The molecule has 1 aliphatic carbocycles. The Labute approximate surface area is 121 Å². The molecule has 0 radical (unpaired) electrons. The molecule has 1 fully saturated rings. The highest BCUT2D eigenvalue weighted by Gasteiger charge is 2.32. The lowest BCUT2D eigenvalue weighted by atomic mass is 9.75. The van der Waals surface area contributed by atoms with E-state index in [0.29, 0.717) is 23.8 Å². The molecular formula is C16H24ClNO. The summed E-state index contributed by atoms with van der Waals surface area (Å²) in [6.45, 7) is 6.90. The first-order valence-electron chi connectivity index (χ1n) is 7.27. The molecule has 1 aromatic heterocycles. The summed E-state index contributed by atoms with van der Waals surface area (Å²) in [5.74, 6) is 3.28. The number of hydrogen-bond donors (Lipinski definition) is 0. The van der Waals surface area contributed by atoms with E-state index in [-0.39, 0.29) is 0 Å². The minimum Gasteiger partial charge on any atom is -0.474 e. The average molecular weight is 282 g/mol. The first-order valence-corrected chi connectivity index (χ1v) is 7.81. The van der Waals surface area contributed by atoms with Gasteiger partial charge in [0.1, 0.15) is 6.10 Å². The van der Waals surface area contributed by atoms with Crippen LogP contribution in [0.3, 0.4) is 0 Å². The van der Waals surface area contributed by atoms with Crippen molar-refractivity contribution in [1.82, 2.24) is 4.98 Å². The molecule has 3 atom stereocenters. The van der Waals surface area contributed by atoms with Crippen LogP contribution in [0.25, 0.3) is 0 Å². The van der Waals surface area contributed by atoms with Gasteiger partial charge in [-0.1, -0.05) is 27.2 Å². The van der Waals surface area contributed by atoms with E-state index in [4.69, 9.17) is 16.3 Å². The number of ether oxygens (including phenoxy) is 1. The summed E-state index contributed by atoms with van der Waals surface area (Å²) in [6, 6.07) is 3.90. The lowest BCUT2D eigenvalue weighted by Crippen LogP contribution is -2.36. The predicted octanol–water partition coefficient (Wildman–Crippen LogP) is 4.66. The Balaban J connectivity index is 2.09. The monoisotopic (exact) mass is 281 g/mol. The summed E-state index contributed by atoms with van der Waals surface area (Å²) in [6.07, 6.45) is 5.79. The minimum absolute atomic E-state index is 0.293. The van der Waals surface area contributed by atoms with Gasteiger partial charge in [-0.2, -0.15) is 0 Å². The predicted molar refractivity (Wildman–Crippen MR) is 79.6 cm³/mol. The van der Waals surface area contributed by atoms with Gasteiger partial charge in [0, 0.05) is 18.1 Å². The normalized spacial score (nSPS) is 27.5. The van der Waals surface area contributed by atoms with Gasteiger partial charge in [-0.25, -0.2) is 4.98 Å². The second-order valence-electron chi connectivity index (χ2n) is 6.12. The molecule has 0 spiro atoms. The minimum atomic E-state index is 0.293.